The van der Waals surface area contributed by atoms with E-state index in [9.17, 15) is 0 Å². The Hall–Kier alpha value is -0.780. The maximum absolute atomic E-state index is 4.98. The number of hydrogen-bond acceptors (Lipinski definition) is 5. The molecule has 0 aromatic carbocycles. The molecular formula is C10H12N2OS2. The Bertz CT molecular complexity index is 322. The van der Waals surface area contributed by atoms with Gasteiger partial charge in [-0.1, -0.05) is 11.8 Å². The SMILES string of the molecule is c1csc(SCCNCc2ccoc2)n1. The Morgan fingerprint density at radius 2 is 2.53 bits per heavy atom. The van der Waals surface area contributed by atoms with Crippen molar-refractivity contribution in [1.82, 2.24) is 10.3 Å². The summed E-state index contributed by atoms with van der Waals surface area (Å²) in [4.78, 5) is 4.20. The molecule has 0 atom stereocenters. The lowest BCUT2D eigenvalue weighted by Crippen LogP contribution is -2.15. The number of thioether (sulfide) groups is 1. The number of furan rings is 1. The molecule has 0 saturated heterocycles. The van der Waals surface area contributed by atoms with Gasteiger partial charge in [0.05, 0.1) is 12.5 Å². The molecule has 0 bridgehead atoms. The van der Waals surface area contributed by atoms with Crippen molar-refractivity contribution in [2.45, 2.75) is 10.9 Å². The molecule has 0 aliphatic carbocycles. The molecule has 80 valence electrons. The van der Waals surface area contributed by atoms with Crippen LogP contribution in [0.25, 0.3) is 0 Å². The molecule has 0 aliphatic rings. The molecule has 2 rings (SSSR count). The summed E-state index contributed by atoms with van der Waals surface area (Å²) < 4.78 is 6.12. The molecule has 0 spiro atoms. The molecule has 0 fully saturated rings. The summed E-state index contributed by atoms with van der Waals surface area (Å²) in [6.45, 7) is 1.85. The van der Waals surface area contributed by atoms with Crippen LogP contribution in [0, 0.1) is 0 Å². The second kappa shape index (κ2) is 5.95. The molecule has 0 saturated carbocycles. The van der Waals surface area contributed by atoms with Gasteiger partial charge >= 0.3 is 0 Å². The highest BCUT2D eigenvalue weighted by Crippen LogP contribution is 2.19. The monoisotopic (exact) mass is 240 g/mol. The first-order chi connectivity index (χ1) is 7.45. The highest BCUT2D eigenvalue weighted by Gasteiger charge is 1.96. The minimum absolute atomic E-state index is 0.870. The molecule has 0 radical (unpaired) electrons. The molecule has 3 nitrogen and oxygen atoms in total. The normalized spacial score (nSPS) is 10.7. The van der Waals surface area contributed by atoms with Gasteiger partial charge < -0.3 is 9.73 Å². The van der Waals surface area contributed by atoms with E-state index in [2.05, 4.69) is 10.3 Å². The predicted octanol–water partition coefficient (Wildman–Crippen LogP) is 2.62. The van der Waals surface area contributed by atoms with Crippen molar-refractivity contribution < 1.29 is 4.42 Å². The van der Waals surface area contributed by atoms with Crippen LogP contribution in [0.3, 0.4) is 0 Å². The summed E-state index contributed by atoms with van der Waals surface area (Å²) >= 11 is 3.47. The van der Waals surface area contributed by atoms with Crippen LogP contribution in [-0.4, -0.2) is 17.3 Å². The zero-order valence-electron chi connectivity index (χ0n) is 8.18. The lowest BCUT2D eigenvalue weighted by atomic mass is 10.3. The molecule has 1 N–H and O–H groups in total. The summed E-state index contributed by atoms with van der Waals surface area (Å²) in [7, 11) is 0. The first-order valence-electron chi connectivity index (χ1n) is 4.69. The van der Waals surface area contributed by atoms with Gasteiger partial charge in [0, 0.05) is 36.0 Å². The van der Waals surface area contributed by atoms with Crippen LogP contribution in [0.2, 0.25) is 0 Å². The average molecular weight is 240 g/mol. The molecule has 0 amide bonds. The standard InChI is InChI=1S/C10H12N2OS2/c1-4-13-8-9(1)7-11-2-5-14-10-12-3-6-15-10/h1,3-4,6,8,11H,2,5,7H2. The first kappa shape index (κ1) is 10.7. The minimum atomic E-state index is 0.870. The van der Waals surface area contributed by atoms with Crippen LogP contribution in [0.4, 0.5) is 0 Å². The Balaban J connectivity index is 1.56. The van der Waals surface area contributed by atoms with E-state index in [-0.39, 0.29) is 0 Å². The fourth-order valence-corrected chi connectivity index (χ4v) is 2.72. The third-order valence-corrected chi connectivity index (χ3v) is 3.79. The Morgan fingerprint density at radius 3 is 3.27 bits per heavy atom. The summed E-state index contributed by atoms with van der Waals surface area (Å²) in [6, 6.07) is 1.97. The lowest BCUT2D eigenvalue weighted by Gasteiger charge is -2.00. The molecule has 0 unspecified atom stereocenters. The minimum Gasteiger partial charge on any atom is -0.472 e. The van der Waals surface area contributed by atoms with Crippen molar-refractivity contribution in [3.05, 3.63) is 35.7 Å². The zero-order valence-corrected chi connectivity index (χ0v) is 9.81. The summed E-state index contributed by atoms with van der Waals surface area (Å²) in [5.74, 6) is 1.05. The van der Waals surface area contributed by atoms with E-state index in [0.717, 1.165) is 23.2 Å². The van der Waals surface area contributed by atoms with E-state index in [1.54, 1.807) is 35.6 Å². The fourth-order valence-electron chi connectivity index (χ4n) is 1.12. The predicted molar refractivity (Wildman–Crippen MR) is 63.3 cm³/mol. The average Bonchev–Trinajstić information content (AvgIpc) is 2.88. The number of hydrogen-bond donors (Lipinski definition) is 1. The molecule has 0 aliphatic heterocycles. The third-order valence-electron chi connectivity index (χ3n) is 1.82. The molecular weight excluding hydrogens is 228 g/mol. The maximum atomic E-state index is 4.98. The maximum Gasteiger partial charge on any atom is 0.149 e. The van der Waals surface area contributed by atoms with Gasteiger partial charge in [-0.25, -0.2) is 4.98 Å². The van der Waals surface area contributed by atoms with Gasteiger partial charge in [0.2, 0.25) is 0 Å². The first-order valence-corrected chi connectivity index (χ1v) is 6.56. The second-order valence-corrected chi connectivity index (χ2v) is 5.19. The Labute approximate surface area is 96.9 Å². The van der Waals surface area contributed by atoms with Gasteiger partial charge in [-0.3, -0.25) is 0 Å². The van der Waals surface area contributed by atoms with E-state index in [1.165, 1.54) is 5.56 Å². The van der Waals surface area contributed by atoms with Gasteiger partial charge in [0.15, 0.2) is 0 Å². The molecule has 2 aromatic heterocycles. The van der Waals surface area contributed by atoms with Gasteiger partial charge in [-0.05, 0) is 6.07 Å². The van der Waals surface area contributed by atoms with Crippen LogP contribution in [0.15, 0.2) is 38.9 Å². The Morgan fingerprint density at radius 1 is 1.53 bits per heavy atom. The van der Waals surface area contributed by atoms with E-state index in [4.69, 9.17) is 4.42 Å². The summed E-state index contributed by atoms with van der Waals surface area (Å²) in [5.41, 5.74) is 1.19. The second-order valence-electron chi connectivity index (χ2n) is 2.95. The molecule has 15 heavy (non-hydrogen) atoms. The van der Waals surface area contributed by atoms with Crippen LogP contribution in [0.5, 0.6) is 0 Å². The number of nitrogens with zero attached hydrogens (tertiary/aromatic N) is 1. The lowest BCUT2D eigenvalue weighted by molar-refractivity contribution is 0.561. The number of aromatic nitrogens is 1. The van der Waals surface area contributed by atoms with Gasteiger partial charge in [0.1, 0.15) is 4.34 Å². The van der Waals surface area contributed by atoms with Crippen molar-refractivity contribution in [2.24, 2.45) is 0 Å². The smallest absolute Gasteiger partial charge is 0.149 e. The van der Waals surface area contributed by atoms with Crippen molar-refractivity contribution in [1.29, 1.82) is 0 Å². The van der Waals surface area contributed by atoms with Gasteiger partial charge in [-0.15, -0.1) is 11.3 Å². The molecule has 2 aromatic rings. The third kappa shape index (κ3) is 3.70. The zero-order chi connectivity index (χ0) is 10.3. The summed E-state index contributed by atoms with van der Waals surface area (Å²) in [6.07, 6.45) is 5.30. The number of rotatable bonds is 6. The van der Waals surface area contributed by atoms with Gasteiger partial charge in [0.25, 0.3) is 0 Å². The van der Waals surface area contributed by atoms with Crippen LogP contribution in [0.1, 0.15) is 5.56 Å². The van der Waals surface area contributed by atoms with E-state index >= 15 is 0 Å². The van der Waals surface area contributed by atoms with Crippen molar-refractivity contribution in [3.63, 3.8) is 0 Å². The highest BCUT2D eigenvalue weighted by molar-refractivity contribution is 8.01. The fraction of sp³-hybridized carbons (Fsp3) is 0.300. The number of nitrogens with one attached hydrogen (secondary N) is 1. The topological polar surface area (TPSA) is 38.1 Å². The van der Waals surface area contributed by atoms with Crippen LogP contribution < -0.4 is 5.32 Å². The van der Waals surface area contributed by atoms with E-state index in [1.807, 2.05) is 17.6 Å². The quantitative estimate of drug-likeness (QED) is 0.622. The van der Waals surface area contributed by atoms with Crippen molar-refractivity contribution in [2.75, 3.05) is 12.3 Å². The van der Waals surface area contributed by atoms with Gasteiger partial charge in [-0.2, -0.15) is 0 Å². The number of thiazole rings is 1. The van der Waals surface area contributed by atoms with Crippen molar-refractivity contribution in [3.8, 4) is 0 Å². The van der Waals surface area contributed by atoms with Crippen LogP contribution >= 0.6 is 23.1 Å². The van der Waals surface area contributed by atoms with E-state index < -0.39 is 0 Å². The molecule has 5 heteroatoms. The molecule has 2 heterocycles. The Kier molecular flexibility index (Phi) is 4.25. The summed E-state index contributed by atoms with van der Waals surface area (Å²) in [5, 5.41) is 5.35. The van der Waals surface area contributed by atoms with Crippen molar-refractivity contribution >= 4 is 23.1 Å². The highest BCUT2D eigenvalue weighted by atomic mass is 32.2. The van der Waals surface area contributed by atoms with E-state index in [0.29, 0.717) is 0 Å². The largest absolute Gasteiger partial charge is 0.472 e. The van der Waals surface area contributed by atoms with Crippen LogP contribution in [-0.2, 0) is 6.54 Å².